The van der Waals surface area contributed by atoms with E-state index >= 15 is 0 Å². The smallest absolute Gasteiger partial charge is 0.253 e. The standard InChI is InChI=1S/C16H17ClN2O/c17-15-13-7-2-1-6-12(13)14(10-19-15)16(20)18-9-8-11-4-3-5-11/h1-2,6-7,10-11H,3-5,8-9H2,(H,18,20). The van der Waals surface area contributed by atoms with E-state index in [9.17, 15) is 4.79 Å². The Morgan fingerprint density at radius 2 is 2.05 bits per heavy atom. The molecule has 1 aliphatic carbocycles. The second kappa shape index (κ2) is 5.80. The molecule has 1 heterocycles. The Morgan fingerprint density at radius 3 is 2.75 bits per heavy atom. The van der Waals surface area contributed by atoms with Gasteiger partial charge in [-0.15, -0.1) is 0 Å². The van der Waals surface area contributed by atoms with Crippen LogP contribution in [0.25, 0.3) is 10.8 Å². The number of pyridine rings is 1. The highest BCUT2D eigenvalue weighted by Gasteiger charge is 2.18. The molecule has 2 aromatic rings. The SMILES string of the molecule is O=C(NCCC1CCC1)c1cnc(Cl)c2ccccc12. The molecule has 4 heteroatoms. The van der Waals surface area contributed by atoms with Gasteiger partial charge in [0.25, 0.3) is 5.91 Å². The summed E-state index contributed by atoms with van der Waals surface area (Å²) in [6, 6.07) is 7.59. The Hall–Kier alpha value is -1.61. The van der Waals surface area contributed by atoms with E-state index in [2.05, 4.69) is 10.3 Å². The summed E-state index contributed by atoms with van der Waals surface area (Å²) in [5, 5.41) is 5.10. The maximum Gasteiger partial charge on any atom is 0.253 e. The largest absolute Gasteiger partial charge is 0.352 e. The van der Waals surface area contributed by atoms with Gasteiger partial charge in [0.2, 0.25) is 0 Å². The predicted octanol–water partition coefficient (Wildman–Crippen LogP) is 3.81. The molecule has 0 spiro atoms. The van der Waals surface area contributed by atoms with Crippen LogP contribution in [0.2, 0.25) is 5.15 Å². The van der Waals surface area contributed by atoms with E-state index in [1.54, 1.807) is 6.20 Å². The highest BCUT2D eigenvalue weighted by atomic mass is 35.5. The van der Waals surface area contributed by atoms with Crippen LogP contribution in [0, 0.1) is 5.92 Å². The Balaban J connectivity index is 1.75. The summed E-state index contributed by atoms with van der Waals surface area (Å²) in [6.45, 7) is 0.737. The van der Waals surface area contributed by atoms with Crippen molar-refractivity contribution in [1.29, 1.82) is 0 Å². The number of aromatic nitrogens is 1. The zero-order valence-electron chi connectivity index (χ0n) is 11.2. The minimum Gasteiger partial charge on any atom is -0.352 e. The number of rotatable bonds is 4. The third kappa shape index (κ3) is 2.63. The Kier molecular flexibility index (Phi) is 3.88. The van der Waals surface area contributed by atoms with E-state index in [0.29, 0.717) is 10.7 Å². The Labute approximate surface area is 123 Å². The molecule has 0 unspecified atom stereocenters. The summed E-state index contributed by atoms with van der Waals surface area (Å²) < 4.78 is 0. The molecule has 0 saturated heterocycles. The third-order valence-corrected chi connectivity index (χ3v) is 4.36. The monoisotopic (exact) mass is 288 g/mol. The van der Waals surface area contributed by atoms with Gasteiger partial charge in [-0.2, -0.15) is 0 Å². The summed E-state index contributed by atoms with van der Waals surface area (Å²) in [4.78, 5) is 16.4. The maximum atomic E-state index is 12.3. The summed E-state index contributed by atoms with van der Waals surface area (Å²) in [6.07, 6.45) is 6.58. The van der Waals surface area contributed by atoms with Gasteiger partial charge in [0.05, 0.1) is 5.56 Å². The number of halogens is 1. The van der Waals surface area contributed by atoms with Crippen molar-refractivity contribution in [1.82, 2.24) is 10.3 Å². The lowest BCUT2D eigenvalue weighted by Crippen LogP contribution is -2.27. The van der Waals surface area contributed by atoms with Crippen molar-refractivity contribution >= 4 is 28.3 Å². The first-order chi connectivity index (χ1) is 9.75. The van der Waals surface area contributed by atoms with Crippen molar-refractivity contribution in [2.24, 2.45) is 5.92 Å². The molecule has 0 radical (unpaired) electrons. The first kappa shape index (κ1) is 13.4. The first-order valence-corrected chi connectivity index (χ1v) is 7.45. The molecule has 0 aliphatic heterocycles. The van der Waals surface area contributed by atoms with Crippen LogP contribution < -0.4 is 5.32 Å². The molecule has 1 N–H and O–H groups in total. The fraction of sp³-hybridized carbons (Fsp3) is 0.375. The van der Waals surface area contributed by atoms with Gasteiger partial charge in [-0.05, 0) is 17.7 Å². The second-order valence-electron chi connectivity index (χ2n) is 5.35. The summed E-state index contributed by atoms with van der Waals surface area (Å²) in [7, 11) is 0. The lowest BCUT2D eigenvalue weighted by Gasteiger charge is -2.25. The molecule has 1 fully saturated rings. The van der Waals surface area contributed by atoms with Crippen LogP contribution in [-0.4, -0.2) is 17.4 Å². The maximum absolute atomic E-state index is 12.3. The van der Waals surface area contributed by atoms with Crippen molar-refractivity contribution < 1.29 is 4.79 Å². The Bertz CT molecular complexity index is 637. The van der Waals surface area contributed by atoms with Crippen LogP contribution in [-0.2, 0) is 0 Å². The first-order valence-electron chi connectivity index (χ1n) is 7.07. The minimum absolute atomic E-state index is 0.0651. The quantitative estimate of drug-likeness (QED) is 0.869. The van der Waals surface area contributed by atoms with Gasteiger partial charge in [0.1, 0.15) is 5.15 Å². The van der Waals surface area contributed by atoms with Gasteiger partial charge in [0.15, 0.2) is 0 Å². The lowest BCUT2D eigenvalue weighted by molar-refractivity contribution is 0.0950. The second-order valence-corrected chi connectivity index (χ2v) is 5.71. The van der Waals surface area contributed by atoms with Crippen LogP contribution >= 0.6 is 11.6 Å². The van der Waals surface area contributed by atoms with Crippen molar-refractivity contribution in [3.63, 3.8) is 0 Å². The van der Waals surface area contributed by atoms with E-state index < -0.39 is 0 Å². The number of amides is 1. The molecule has 104 valence electrons. The molecular formula is C16H17ClN2O. The van der Waals surface area contributed by atoms with E-state index in [1.165, 1.54) is 19.3 Å². The fourth-order valence-electron chi connectivity index (χ4n) is 2.61. The molecule has 3 nitrogen and oxygen atoms in total. The highest BCUT2D eigenvalue weighted by molar-refractivity contribution is 6.34. The number of benzene rings is 1. The number of carbonyl (C=O) groups excluding carboxylic acids is 1. The van der Waals surface area contributed by atoms with Gasteiger partial charge < -0.3 is 5.32 Å². The van der Waals surface area contributed by atoms with Crippen LogP contribution in [0.5, 0.6) is 0 Å². The van der Waals surface area contributed by atoms with Gasteiger partial charge in [0, 0.05) is 18.1 Å². The topological polar surface area (TPSA) is 42.0 Å². The van der Waals surface area contributed by atoms with Crippen LogP contribution in [0.15, 0.2) is 30.5 Å². The molecule has 1 aromatic carbocycles. The highest BCUT2D eigenvalue weighted by Crippen LogP contribution is 2.29. The van der Waals surface area contributed by atoms with Gasteiger partial charge in [-0.1, -0.05) is 55.1 Å². The number of nitrogens with one attached hydrogen (secondary N) is 1. The van der Waals surface area contributed by atoms with Crippen molar-refractivity contribution in [2.75, 3.05) is 6.54 Å². The molecular weight excluding hydrogens is 272 g/mol. The van der Waals surface area contributed by atoms with Crippen LogP contribution in [0.4, 0.5) is 0 Å². The molecule has 1 amide bonds. The number of fused-ring (bicyclic) bond motifs is 1. The molecule has 1 aliphatic rings. The third-order valence-electron chi connectivity index (χ3n) is 4.05. The summed E-state index contributed by atoms with van der Waals surface area (Å²) in [5.74, 6) is 0.736. The van der Waals surface area contributed by atoms with Crippen LogP contribution in [0.1, 0.15) is 36.0 Å². The molecule has 0 atom stereocenters. The minimum atomic E-state index is -0.0651. The van der Waals surface area contributed by atoms with E-state index in [0.717, 1.165) is 29.7 Å². The van der Waals surface area contributed by atoms with Gasteiger partial charge in [-0.3, -0.25) is 4.79 Å². The van der Waals surface area contributed by atoms with Crippen molar-refractivity contribution in [3.8, 4) is 0 Å². The van der Waals surface area contributed by atoms with Crippen molar-refractivity contribution in [3.05, 3.63) is 41.2 Å². The number of hydrogen-bond acceptors (Lipinski definition) is 2. The van der Waals surface area contributed by atoms with Crippen molar-refractivity contribution in [2.45, 2.75) is 25.7 Å². The normalized spacial score (nSPS) is 15.1. The average molecular weight is 289 g/mol. The molecule has 3 rings (SSSR count). The molecule has 20 heavy (non-hydrogen) atoms. The Morgan fingerprint density at radius 1 is 1.30 bits per heavy atom. The summed E-state index contributed by atoms with van der Waals surface area (Å²) in [5.41, 5.74) is 0.596. The molecule has 1 aromatic heterocycles. The zero-order chi connectivity index (χ0) is 13.9. The number of nitrogens with zero attached hydrogens (tertiary/aromatic N) is 1. The fourth-order valence-corrected chi connectivity index (χ4v) is 2.82. The number of hydrogen-bond donors (Lipinski definition) is 1. The van der Waals surface area contributed by atoms with Gasteiger partial charge in [-0.25, -0.2) is 4.98 Å². The molecule has 1 saturated carbocycles. The lowest BCUT2D eigenvalue weighted by atomic mass is 9.83. The number of carbonyl (C=O) groups is 1. The zero-order valence-corrected chi connectivity index (χ0v) is 12.0. The van der Waals surface area contributed by atoms with Crippen LogP contribution in [0.3, 0.4) is 0 Å². The van der Waals surface area contributed by atoms with E-state index in [1.807, 2.05) is 24.3 Å². The predicted molar refractivity (Wildman–Crippen MR) is 81.0 cm³/mol. The molecule has 0 bridgehead atoms. The van der Waals surface area contributed by atoms with Gasteiger partial charge >= 0.3 is 0 Å². The van der Waals surface area contributed by atoms with E-state index in [4.69, 9.17) is 11.6 Å². The summed E-state index contributed by atoms with van der Waals surface area (Å²) >= 11 is 6.06. The van der Waals surface area contributed by atoms with E-state index in [-0.39, 0.29) is 5.91 Å². The average Bonchev–Trinajstić information content (AvgIpc) is 2.42.